The topological polar surface area (TPSA) is 75.7 Å². The summed E-state index contributed by atoms with van der Waals surface area (Å²) < 4.78 is 33.3. The smallest absolute Gasteiger partial charge is 0.264 e. The Morgan fingerprint density at radius 2 is 1.72 bits per heavy atom. The van der Waals surface area contributed by atoms with Gasteiger partial charge in [-0.15, -0.1) is 0 Å². The Morgan fingerprint density at radius 1 is 1.06 bits per heavy atom. The number of nitrogens with one attached hydrogen (secondary N) is 1. The summed E-state index contributed by atoms with van der Waals surface area (Å²) >= 11 is 5.91. The molecule has 3 rings (SSSR count). The second-order valence-corrected chi connectivity index (χ2v) is 9.22. The van der Waals surface area contributed by atoms with Crippen LogP contribution in [-0.2, 0) is 14.8 Å². The van der Waals surface area contributed by atoms with Crippen LogP contribution < -0.4 is 14.4 Å². The quantitative estimate of drug-likeness (QED) is 0.444. The summed E-state index contributed by atoms with van der Waals surface area (Å²) in [5, 5.41) is 3.16. The maximum absolute atomic E-state index is 13.4. The van der Waals surface area contributed by atoms with E-state index < -0.39 is 22.5 Å². The maximum atomic E-state index is 13.4. The predicted molar refractivity (Wildman–Crippen MR) is 128 cm³/mol. The van der Waals surface area contributed by atoms with E-state index in [1.807, 2.05) is 6.07 Å². The molecule has 0 aromatic heterocycles. The fourth-order valence-corrected chi connectivity index (χ4v) is 4.61. The van der Waals surface area contributed by atoms with Gasteiger partial charge in [-0.05, 0) is 67.1 Å². The van der Waals surface area contributed by atoms with Gasteiger partial charge in [0, 0.05) is 10.7 Å². The van der Waals surface area contributed by atoms with E-state index in [9.17, 15) is 13.2 Å². The molecule has 0 unspecified atom stereocenters. The van der Waals surface area contributed by atoms with E-state index in [0.29, 0.717) is 28.8 Å². The number of hydrogen-bond donors (Lipinski definition) is 1. The van der Waals surface area contributed by atoms with Gasteiger partial charge in [0.1, 0.15) is 18.9 Å². The fraction of sp³-hybridized carbons (Fsp3) is 0.125. The Morgan fingerprint density at radius 3 is 2.34 bits per heavy atom. The van der Waals surface area contributed by atoms with Crippen molar-refractivity contribution in [3.05, 3.63) is 96.0 Å². The minimum absolute atomic E-state index is 0.0432. The number of ether oxygens (including phenoxy) is 1. The number of carbonyl (C=O) groups is 1. The summed E-state index contributed by atoms with van der Waals surface area (Å²) in [6.45, 7) is 5.36. The van der Waals surface area contributed by atoms with Crippen LogP contribution in [0.15, 0.2) is 90.3 Å². The van der Waals surface area contributed by atoms with Crippen molar-refractivity contribution in [2.24, 2.45) is 0 Å². The zero-order chi connectivity index (χ0) is 23.1. The number of benzene rings is 3. The molecule has 0 aliphatic rings. The number of anilines is 2. The number of halogens is 1. The summed E-state index contributed by atoms with van der Waals surface area (Å²) in [7, 11) is -4.01. The Kier molecular flexibility index (Phi) is 7.56. The second kappa shape index (κ2) is 10.3. The number of nitrogens with zero attached hydrogens (tertiary/aromatic N) is 1. The van der Waals surface area contributed by atoms with Gasteiger partial charge in [-0.25, -0.2) is 8.42 Å². The standard InChI is InChI=1S/C24H23ClN2O4S/c1-3-16-31-21-12-10-20(11-13-21)26-24(28)17-27(23-7-5-4-6-18(23)2)32(29,30)22-14-8-19(25)9-15-22/h3-15H,1,16-17H2,2H3,(H,26,28). The number of aryl methyl sites for hydroxylation is 1. The molecule has 0 fully saturated rings. The van der Waals surface area contributed by atoms with E-state index >= 15 is 0 Å². The van der Waals surface area contributed by atoms with Gasteiger partial charge >= 0.3 is 0 Å². The van der Waals surface area contributed by atoms with Gasteiger partial charge in [0.25, 0.3) is 10.0 Å². The highest BCUT2D eigenvalue weighted by Crippen LogP contribution is 2.27. The predicted octanol–water partition coefficient (Wildman–Crippen LogP) is 5.05. The minimum atomic E-state index is -4.01. The Balaban J connectivity index is 1.86. The van der Waals surface area contributed by atoms with E-state index in [4.69, 9.17) is 16.3 Å². The molecule has 1 amide bonds. The molecule has 6 nitrogen and oxygen atoms in total. The summed E-state index contributed by atoms with van der Waals surface area (Å²) in [5.74, 6) is 0.153. The van der Waals surface area contributed by atoms with Crippen LogP contribution in [0.2, 0.25) is 5.02 Å². The molecule has 32 heavy (non-hydrogen) atoms. The van der Waals surface area contributed by atoms with Crippen LogP contribution in [0.1, 0.15) is 5.56 Å². The van der Waals surface area contributed by atoms with Gasteiger partial charge in [0.15, 0.2) is 0 Å². The average molecular weight is 471 g/mol. The lowest BCUT2D eigenvalue weighted by Gasteiger charge is -2.25. The second-order valence-electron chi connectivity index (χ2n) is 6.92. The zero-order valence-corrected chi connectivity index (χ0v) is 19.1. The van der Waals surface area contributed by atoms with Crippen LogP contribution in [0.5, 0.6) is 5.75 Å². The third-order valence-electron chi connectivity index (χ3n) is 4.58. The molecule has 0 radical (unpaired) electrons. The molecule has 0 saturated carbocycles. The summed E-state index contributed by atoms with van der Waals surface area (Å²) in [6.07, 6.45) is 1.64. The fourth-order valence-electron chi connectivity index (χ4n) is 3.00. The molecule has 0 aliphatic carbocycles. The molecule has 166 valence electrons. The Hall–Kier alpha value is -3.29. The van der Waals surface area contributed by atoms with Gasteiger partial charge in [-0.3, -0.25) is 9.10 Å². The molecular formula is C24H23ClN2O4S. The number of sulfonamides is 1. The first kappa shape index (κ1) is 23.4. The van der Waals surface area contributed by atoms with Gasteiger partial charge in [-0.1, -0.05) is 42.5 Å². The summed E-state index contributed by atoms with van der Waals surface area (Å²) in [5.41, 5.74) is 1.67. The average Bonchev–Trinajstić information content (AvgIpc) is 2.78. The largest absolute Gasteiger partial charge is 0.490 e. The van der Waals surface area contributed by atoms with Crippen molar-refractivity contribution >= 4 is 38.9 Å². The molecule has 0 saturated heterocycles. The van der Waals surface area contributed by atoms with Crippen molar-refractivity contribution in [1.82, 2.24) is 0 Å². The van der Waals surface area contributed by atoms with Crippen LogP contribution in [-0.4, -0.2) is 27.5 Å². The molecule has 8 heteroatoms. The monoisotopic (exact) mass is 470 g/mol. The first-order valence-corrected chi connectivity index (χ1v) is 11.6. The van der Waals surface area contributed by atoms with Crippen LogP contribution in [0.4, 0.5) is 11.4 Å². The minimum Gasteiger partial charge on any atom is -0.490 e. The normalized spacial score (nSPS) is 10.9. The van der Waals surface area contributed by atoms with Gasteiger partial charge in [-0.2, -0.15) is 0 Å². The highest BCUT2D eigenvalue weighted by Gasteiger charge is 2.28. The van der Waals surface area contributed by atoms with E-state index in [1.54, 1.807) is 55.5 Å². The van der Waals surface area contributed by atoms with Gasteiger partial charge in [0.05, 0.1) is 10.6 Å². The maximum Gasteiger partial charge on any atom is 0.264 e. The Bertz CT molecular complexity index is 1190. The third kappa shape index (κ3) is 5.69. The molecule has 3 aromatic carbocycles. The van der Waals surface area contributed by atoms with Crippen molar-refractivity contribution in [3.63, 3.8) is 0 Å². The molecule has 0 heterocycles. The summed E-state index contributed by atoms with van der Waals surface area (Å²) in [6, 6.07) is 19.6. The van der Waals surface area contributed by atoms with Gasteiger partial charge in [0.2, 0.25) is 5.91 Å². The van der Waals surface area contributed by atoms with Crippen molar-refractivity contribution in [3.8, 4) is 5.75 Å². The SMILES string of the molecule is C=CCOc1ccc(NC(=O)CN(c2ccccc2C)S(=O)(=O)c2ccc(Cl)cc2)cc1. The molecule has 3 aromatic rings. The molecule has 1 N–H and O–H groups in total. The lowest BCUT2D eigenvalue weighted by molar-refractivity contribution is -0.114. The third-order valence-corrected chi connectivity index (χ3v) is 6.60. The molecule has 0 bridgehead atoms. The lowest BCUT2D eigenvalue weighted by Crippen LogP contribution is -2.38. The highest BCUT2D eigenvalue weighted by atomic mass is 35.5. The number of rotatable bonds is 9. The van der Waals surface area contributed by atoms with Crippen LogP contribution in [0.25, 0.3) is 0 Å². The van der Waals surface area contributed by atoms with Crippen molar-refractivity contribution in [1.29, 1.82) is 0 Å². The number of carbonyl (C=O) groups excluding carboxylic acids is 1. The van der Waals surface area contributed by atoms with Gasteiger partial charge < -0.3 is 10.1 Å². The van der Waals surface area contributed by atoms with Crippen molar-refractivity contribution < 1.29 is 17.9 Å². The number of amides is 1. The van der Waals surface area contributed by atoms with E-state index in [0.717, 1.165) is 9.87 Å². The first-order chi connectivity index (χ1) is 15.3. The molecule has 0 atom stereocenters. The van der Waals surface area contributed by atoms with E-state index in [1.165, 1.54) is 24.3 Å². The van der Waals surface area contributed by atoms with E-state index in [-0.39, 0.29) is 4.90 Å². The van der Waals surface area contributed by atoms with Crippen LogP contribution in [0, 0.1) is 6.92 Å². The lowest BCUT2D eigenvalue weighted by atomic mass is 10.2. The Labute approximate surface area is 193 Å². The van der Waals surface area contributed by atoms with Crippen LogP contribution >= 0.6 is 11.6 Å². The van der Waals surface area contributed by atoms with Crippen molar-refractivity contribution in [2.45, 2.75) is 11.8 Å². The number of hydrogen-bond acceptors (Lipinski definition) is 4. The molecule has 0 spiro atoms. The first-order valence-electron chi connectivity index (χ1n) is 9.79. The summed E-state index contributed by atoms with van der Waals surface area (Å²) in [4.78, 5) is 12.9. The highest BCUT2D eigenvalue weighted by molar-refractivity contribution is 7.92. The van der Waals surface area contributed by atoms with Crippen molar-refractivity contribution in [2.75, 3.05) is 22.8 Å². The zero-order valence-electron chi connectivity index (χ0n) is 17.5. The molecular weight excluding hydrogens is 448 g/mol. The molecule has 0 aliphatic heterocycles. The van der Waals surface area contributed by atoms with E-state index in [2.05, 4.69) is 11.9 Å². The van der Waals surface area contributed by atoms with Crippen LogP contribution in [0.3, 0.4) is 0 Å². The number of para-hydroxylation sites is 1.